The van der Waals surface area contributed by atoms with E-state index in [1.54, 1.807) is 26.0 Å². The molecule has 0 saturated heterocycles. The molecule has 0 bridgehead atoms. The molecule has 6 heteroatoms. The highest BCUT2D eigenvalue weighted by atomic mass is 16.2. The topological polar surface area (TPSA) is 59.6 Å². The quantitative estimate of drug-likeness (QED) is 0.545. The van der Waals surface area contributed by atoms with E-state index in [-0.39, 0.29) is 11.2 Å². The van der Waals surface area contributed by atoms with Gasteiger partial charge in [0.2, 0.25) is 0 Å². The van der Waals surface area contributed by atoms with Gasteiger partial charge in [-0.05, 0) is 13.8 Å². The molecular formula is C11H18N4O2. The summed E-state index contributed by atoms with van der Waals surface area (Å²) >= 11 is 0. The minimum Gasteiger partial charge on any atom is -0.303 e. The van der Waals surface area contributed by atoms with Crippen molar-refractivity contribution in [3.63, 3.8) is 0 Å². The summed E-state index contributed by atoms with van der Waals surface area (Å²) in [5.41, 5.74) is -0.0500. The predicted octanol–water partition coefficient (Wildman–Crippen LogP) is -0.0547. The lowest BCUT2D eigenvalue weighted by molar-refractivity contribution is 0.439. The highest BCUT2D eigenvalue weighted by Gasteiger charge is 2.07. The second kappa shape index (κ2) is 5.47. The lowest BCUT2D eigenvalue weighted by Crippen LogP contribution is -2.40. The van der Waals surface area contributed by atoms with Crippen molar-refractivity contribution in [2.45, 2.75) is 26.9 Å². The van der Waals surface area contributed by atoms with E-state index in [2.05, 4.69) is 5.10 Å². The first-order valence-corrected chi connectivity index (χ1v) is 5.57. The van der Waals surface area contributed by atoms with Crippen LogP contribution in [0.5, 0.6) is 0 Å². The van der Waals surface area contributed by atoms with Gasteiger partial charge in [-0.25, -0.2) is 4.79 Å². The van der Waals surface area contributed by atoms with Gasteiger partial charge in [0.25, 0.3) is 5.56 Å². The third kappa shape index (κ3) is 2.83. The minimum atomic E-state index is -0.289. The number of nitrogens with zero attached hydrogens (tertiary/aromatic N) is 4. The SMILES string of the molecule is CCn1c(C=NN(C)C)cc(=O)n(CC)c1=O. The molecule has 0 aliphatic heterocycles. The predicted molar refractivity (Wildman–Crippen MR) is 67.6 cm³/mol. The molecule has 1 rings (SSSR count). The van der Waals surface area contributed by atoms with Crippen molar-refractivity contribution in [2.75, 3.05) is 14.1 Å². The Morgan fingerprint density at radius 1 is 1.24 bits per heavy atom. The zero-order valence-corrected chi connectivity index (χ0v) is 10.7. The third-order valence-electron chi connectivity index (χ3n) is 2.36. The van der Waals surface area contributed by atoms with Crippen LogP contribution in [0.4, 0.5) is 0 Å². The molecule has 1 aromatic rings. The van der Waals surface area contributed by atoms with Crippen molar-refractivity contribution in [3.8, 4) is 0 Å². The zero-order chi connectivity index (χ0) is 13.0. The lowest BCUT2D eigenvalue weighted by Gasteiger charge is -2.10. The summed E-state index contributed by atoms with van der Waals surface area (Å²) in [7, 11) is 3.55. The third-order valence-corrected chi connectivity index (χ3v) is 2.36. The van der Waals surface area contributed by atoms with E-state index < -0.39 is 0 Å². The molecule has 0 radical (unpaired) electrons. The molecule has 0 unspecified atom stereocenters. The van der Waals surface area contributed by atoms with Crippen molar-refractivity contribution >= 4 is 6.21 Å². The summed E-state index contributed by atoms with van der Waals surface area (Å²) in [4.78, 5) is 23.6. The molecule has 0 amide bonds. The average Bonchev–Trinajstić information content (AvgIpc) is 2.26. The molecular weight excluding hydrogens is 220 g/mol. The Balaban J connectivity index is 3.42. The molecule has 6 nitrogen and oxygen atoms in total. The van der Waals surface area contributed by atoms with Crippen LogP contribution in [0.25, 0.3) is 0 Å². The number of hydrogen-bond acceptors (Lipinski definition) is 4. The summed E-state index contributed by atoms with van der Waals surface area (Å²) < 4.78 is 2.73. The summed E-state index contributed by atoms with van der Waals surface area (Å²) in [6.07, 6.45) is 1.52. The largest absolute Gasteiger partial charge is 0.331 e. The van der Waals surface area contributed by atoms with E-state index in [1.165, 1.54) is 21.4 Å². The van der Waals surface area contributed by atoms with Crippen LogP contribution < -0.4 is 11.2 Å². The van der Waals surface area contributed by atoms with E-state index in [0.29, 0.717) is 18.8 Å². The van der Waals surface area contributed by atoms with Crippen LogP contribution in [0.3, 0.4) is 0 Å². The van der Waals surface area contributed by atoms with Crippen LogP contribution in [0.1, 0.15) is 19.5 Å². The van der Waals surface area contributed by atoms with Crippen LogP contribution in [-0.4, -0.2) is 34.5 Å². The molecule has 0 N–H and O–H groups in total. The maximum absolute atomic E-state index is 12.0. The van der Waals surface area contributed by atoms with Crippen molar-refractivity contribution < 1.29 is 0 Å². The fraction of sp³-hybridized carbons (Fsp3) is 0.545. The van der Waals surface area contributed by atoms with E-state index >= 15 is 0 Å². The van der Waals surface area contributed by atoms with E-state index in [1.807, 2.05) is 6.92 Å². The molecule has 0 fully saturated rings. The second-order valence-corrected chi connectivity index (χ2v) is 3.77. The zero-order valence-electron chi connectivity index (χ0n) is 10.7. The molecule has 0 aromatic carbocycles. The van der Waals surface area contributed by atoms with Crippen LogP contribution >= 0.6 is 0 Å². The molecule has 0 saturated carbocycles. The van der Waals surface area contributed by atoms with Crippen molar-refractivity contribution in [3.05, 3.63) is 32.6 Å². The van der Waals surface area contributed by atoms with Gasteiger partial charge in [0.15, 0.2) is 0 Å². The molecule has 0 spiro atoms. The fourth-order valence-corrected chi connectivity index (χ4v) is 1.52. The lowest BCUT2D eigenvalue weighted by atomic mass is 10.4. The van der Waals surface area contributed by atoms with Gasteiger partial charge in [-0.1, -0.05) is 0 Å². The Labute approximate surface area is 99.8 Å². The first-order chi connectivity index (χ1) is 8.01. The normalized spacial score (nSPS) is 11.1. The fourth-order valence-electron chi connectivity index (χ4n) is 1.52. The number of rotatable bonds is 4. The van der Waals surface area contributed by atoms with Crippen LogP contribution in [-0.2, 0) is 13.1 Å². The Hall–Kier alpha value is -1.85. The number of hydrogen-bond donors (Lipinski definition) is 0. The Morgan fingerprint density at radius 3 is 2.29 bits per heavy atom. The highest BCUT2D eigenvalue weighted by molar-refractivity contribution is 5.76. The van der Waals surface area contributed by atoms with Crippen LogP contribution in [0.2, 0.25) is 0 Å². The minimum absolute atomic E-state index is 0.289. The van der Waals surface area contributed by atoms with Gasteiger partial charge >= 0.3 is 5.69 Å². The summed E-state index contributed by atoms with van der Waals surface area (Å²) in [5, 5.41) is 5.65. The van der Waals surface area contributed by atoms with Gasteiger partial charge in [0.1, 0.15) is 0 Å². The standard InChI is InChI=1S/C11H18N4O2/c1-5-14-9(8-12-13(3)4)7-10(16)15(6-2)11(14)17/h7-8H,5-6H2,1-4H3. The number of aromatic nitrogens is 2. The van der Waals surface area contributed by atoms with Crippen LogP contribution in [0.15, 0.2) is 20.8 Å². The van der Waals surface area contributed by atoms with E-state index in [9.17, 15) is 9.59 Å². The first kappa shape index (κ1) is 13.2. The monoisotopic (exact) mass is 238 g/mol. The van der Waals surface area contributed by atoms with E-state index in [4.69, 9.17) is 0 Å². The molecule has 1 aromatic heterocycles. The van der Waals surface area contributed by atoms with Gasteiger partial charge < -0.3 is 5.01 Å². The molecule has 17 heavy (non-hydrogen) atoms. The summed E-state index contributed by atoms with van der Waals surface area (Å²) in [6.45, 7) is 4.52. The van der Waals surface area contributed by atoms with Gasteiger partial charge in [0, 0.05) is 33.3 Å². The Kier molecular flexibility index (Phi) is 4.25. The maximum atomic E-state index is 12.0. The molecule has 0 atom stereocenters. The molecule has 0 aliphatic rings. The molecule has 0 aliphatic carbocycles. The van der Waals surface area contributed by atoms with Gasteiger partial charge in [0.05, 0.1) is 11.9 Å². The van der Waals surface area contributed by atoms with Crippen molar-refractivity contribution in [1.82, 2.24) is 14.1 Å². The number of hydrazone groups is 1. The first-order valence-electron chi connectivity index (χ1n) is 5.57. The Morgan fingerprint density at radius 2 is 1.82 bits per heavy atom. The average molecular weight is 238 g/mol. The summed E-state index contributed by atoms with van der Waals surface area (Å²) in [6, 6.07) is 1.43. The van der Waals surface area contributed by atoms with Gasteiger partial charge in [-0.15, -0.1) is 0 Å². The van der Waals surface area contributed by atoms with Gasteiger partial charge in [-0.3, -0.25) is 13.9 Å². The van der Waals surface area contributed by atoms with Crippen LogP contribution in [0, 0.1) is 0 Å². The summed E-state index contributed by atoms with van der Waals surface area (Å²) in [5.74, 6) is 0. The highest BCUT2D eigenvalue weighted by Crippen LogP contribution is 1.90. The smallest absolute Gasteiger partial charge is 0.303 e. The Bertz CT molecular complexity index is 525. The van der Waals surface area contributed by atoms with Crippen molar-refractivity contribution in [2.24, 2.45) is 5.10 Å². The molecule has 94 valence electrons. The van der Waals surface area contributed by atoms with Gasteiger partial charge in [-0.2, -0.15) is 5.10 Å². The maximum Gasteiger partial charge on any atom is 0.331 e. The van der Waals surface area contributed by atoms with Crippen molar-refractivity contribution in [1.29, 1.82) is 0 Å². The second-order valence-electron chi connectivity index (χ2n) is 3.77. The molecule has 1 heterocycles. The van der Waals surface area contributed by atoms with E-state index in [0.717, 1.165) is 0 Å².